The molecular weight excluding hydrogens is 389 g/mol. The van der Waals surface area contributed by atoms with Gasteiger partial charge in [-0.3, -0.25) is 9.67 Å². The zero-order chi connectivity index (χ0) is 15.1. The number of aliphatic imine (C=N–C) groups is 1. The maximum Gasteiger partial charge on any atom is 0.190 e. The van der Waals surface area contributed by atoms with Crippen molar-refractivity contribution in [1.29, 1.82) is 0 Å². The molecule has 22 heavy (non-hydrogen) atoms. The molecular formula is C16H30IN5. The van der Waals surface area contributed by atoms with Gasteiger partial charge in [-0.05, 0) is 45.1 Å². The molecule has 1 aromatic heterocycles. The quantitative estimate of drug-likeness (QED) is 0.295. The van der Waals surface area contributed by atoms with Gasteiger partial charge >= 0.3 is 0 Å². The lowest BCUT2D eigenvalue weighted by Gasteiger charge is -2.12. The van der Waals surface area contributed by atoms with Crippen LogP contribution in [0.2, 0.25) is 0 Å². The Hall–Kier alpha value is -0.790. The van der Waals surface area contributed by atoms with Crippen molar-refractivity contribution >= 4 is 29.9 Å². The maximum absolute atomic E-state index is 4.47. The number of rotatable bonds is 8. The summed E-state index contributed by atoms with van der Waals surface area (Å²) in [4.78, 5) is 4.26. The standard InChI is InChI=1S/C16H29N5.HI/c1-13-12-14(2)21(20-13)11-5-10-19-16(17-3)18-9-4-6-15-7-8-15;/h12,15H,4-11H2,1-3H3,(H2,17,18,19);1H. The van der Waals surface area contributed by atoms with Crippen LogP contribution in [0.5, 0.6) is 0 Å². The average Bonchev–Trinajstić information content (AvgIpc) is 3.22. The summed E-state index contributed by atoms with van der Waals surface area (Å²) < 4.78 is 2.07. The van der Waals surface area contributed by atoms with E-state index in [1.54, 1.807) is 0 Å². The van der Waals surface area contributed by atoms with Gasteiger partial charge in [0.2, 0.25) is 0 Å². The van der Waals surface area contributed by atoms with Gasteiger partial charge in [0.15, 0.2) is 5.96 Å². The number of halogens is 1. The van der Waals surface area contributed by atoms with E-state index in [1.165, 1.54) is 31.4 Å². The third-order valence-electron chi connectivity index (χ3n) is 3.94. The second-order valence-electron chi connectivity index (χ2n) is 6.02. The van der Waals surface area contributed by atoms with Gasteiger partial charge in [0, 0.05) is 32.4 Å². The molecule has 0 aromatic carbocycles. The lowest BCUT2D eigenvalue weighted by atomic mass is 10.2. The fourth-order valence-corrected chi connectivity index (χ4v) is 2.56. The molecule has 1 aliphatic carbocycles. The largest absolute Gasteiger partial charge is 0.356 e. The van der Waals surface area contributed by atoms with Gasteiger partial charge in [-0.2, -0.15) is 5.10 Å². The monoisotopic (exact) mass is 419 g/mol. The zero-order valence-corrected chi connectivity index (χ0v) is 16.4. The van der Waals surface area contributed by atoms with Crippen molar-refractivity contribution in [3.63, 3.8) is 0 Å². The fraction of sp³-hybridized carbons (Fsp3) is 0.750. The third-order valence-corrected chi connectivity index (χ3v) is 3.94. The molecule has 0 atom stereocenters. The van der Waals surface area contributed by atoms with E-state index < -0.39 is 0 Å². The Morgan fingerprint density at radius 1 is 1.27 bits per heavy atom. The fourth-order valence-electron chi connectivity index (χ4n) is 2.56. The Morgan fingerprint density at radius 2 is 1.95 bits per heavy atom. The first-order valence-corrected chi connectivity index (χ1v) is 8.14. The number of guanidine groups is 1. The Morgan fingerprint density at radius 3 is 2.50 bits per heavy atom. The molecule has 1 heterocycles. The van der Waals surface area contributed by atoms with Crippen LogP contribution in [0, 0.1) is 19.8 Å². The molecule has 0 saturated heterocycles. The molecule has 2 N–H and O–H groups in total. The second kappa shape index (κ2) is 10.1. The minimum atomic E-state index is 0. The molecule has 0 spiro atoms. The highest BCUT2D eigenvalue weighted by Crippen LogP contribution is 2.33. The first kappa shape index (κ1) is 19.3. The van der Waals surface area contributed by atoms with Crippen LogP contribution in [0.3, 0.4) is 0 Å². The number of hydrogen-bond donors (Lipinski definition) is 2. The van der Waals surface area contributed by atoms with Crippen molar-refractivity contribution in [3.8, 4) is 0 Å². The molecule has 0 bridgehead atoms. The molecule has 1 aromatic rings. The highest BCUT2D eigenvalue weighted by atomic mass is 127. The van der Waals surface area contributed by atoms with Crippen LogP contribution >= 0.6 is 24.0 Å². The second-order valence-corrected chi connectivity index (χ2v) is 6.02. The Labute approximate surface area is 151 Å². The summed E-state index contributed by atoms with van der Waals surface area (Å²) in [5.41, 5.74) is 2.32. The first-order chi connectivity index (χ1) is 10.2. The number of aryl methyl sites for hydroxylation is 3. The Bertz CT molecular complexity index is 465. The van der Waals surface area contributed by atoms with Gasteiger partial charge in [-0.25, -0.2) is 0 Å². The van der Waals surface area contributed by atoms with Gasteiger partial charge in [-0.15, -0.1) is 24.0 Å². The number of hydrogen-bond acceptors (Lipinski definition) is 2. The van der Waals surface area contributed by atoms with E-state index in [0.29, 0.717) is 0 Å². The highest BCUT2D eigenvalue weighted by molar-refractivity contribution is 14.0. The van der Waals surface area contributed by atoms with E-state index in [-0.39, 0.29) is 24.0 Å². The van der Waals surface area contributed by atoms with Crippen molar-refractivity contribution in [3.05, 3.63) is 17.5 Å². The summed E-state index contributed by atoms with van der Waals surface area (Å²) in [5, 5.41) is 11.2. The summed E-state index contributed by atoms with van der Waals surface area (Å²) in [7, 11) is 1.83. The molecule has 0 unspecified atom stereocenters. The molecule has 1 saturated carbocycles. The van der Waals surface area contributed by atoms with Crippen LogP contribution in [0.25, 0.3) is 0 Å². The van der Waals surface area contributed by atoms with Crippen LogP contribution in [-0.4, -0.2) is 35.9 Å². The summed E-state index contributed by atoms with van der Waals surface area (Å²) >= 11 is 0. The number of nitrogens with zero attached hydrogens (tertiary/aromatic N) is 3. The molecule has 0 radical (unpaired) electrons. The van der Waals surface area contributed by atoms with Crippen LogP contribution in [0.1, 0.15) is 43.5 Å². The van der Waals surface area contributed by atoms with Gasteiger partial charge < -0.3 is 10.6 Å². The van der Waals surface area contributed by atoms with E-state index in [1.807, 2.05) is 14.0 Å². The molecule has 5 nitrogen and oxygen atoms in total. The van der Waals surface area contributed by atoms with E-state index in [0.717, 1.165) is 43.6 Å². The smallest absolute Gasteiger partial charge is 0.190 e. The van der Waals surface area contributed by atoms with E-state index in [9.17, 15) is 0 Å². The summed E-state index contributed by atoms with van der Waals surface area (Å²) in [5.74, 6) is 1.93. The van der Waals surface area contributed by atoms with Crippen molar-refractivity contribution in [2.75, 3.05) is 20.1 Å². The van der Waals surface area contributed by atoms with Crippen molar-refractivity contribution < 1.29 is 0 Å². The Kier molecular flexibility index (Phi) is 8.82. The summed E-state index contributed by atoms with van der Waals surface area (Å²) in [6.07, 6.45) is 6.54. The molecule has 0 amide bonds. The van der Waals surface area contributed by atoms with Crippen LogP contribution in [0.15, 0.2) is 11.1 Å². The molecule has 126 valence electrons. The van der Waals surface area contributed by atoms with E-state index in [4.69, 9.17) is 0 Å². The lowest BCUT2D eigenvalue weighted by Crippen LogP contribution is -2.38. The molecule has 1 fully saturated rings. The molecule has 0 aliphatic heterocycles. The van der Waals surface area contributed by atoms with Gasteiger partial charge in [0.05, 0.1) is 5.69 Å². The summed E-state index contributed by atoms with van der Waals surface area (Å²) in [6, 6.07) is 2.12. The highest BCUT2D eigenvalue weighted by Gasteiger charge is 2.19. The molecule has 2 rings (SSSR count). The molecule has 1 aliphatic rings. The average molecular weight is 419 g/mol. The lowest BCUT2D eigenvalue weighted by molar-refractivity contribution is 0.554. The third kappa shape index (κ3) is 6.98. The van der Waals surface area contributed by atoms with Crippen molar-refractivity contribution in [2.24, 2.45) is 10.9 Å². The number of nitrogens with one attached hydrogen (secondary N) is 2. The summed E-state index contributed by atoms with van der Waals surface area (Å²) in [6.45, 7) is 7.03. The van der Waals surface area contributed by atoms with Crippen molar-refractivity contribution in [2.45, 2.75) is 52.5 Å². The van der Waals surface area contributed by atoms with Crippen molar-refractivity contribution in [1.82, 2.24) is 20.4 Å². The first-order valence-electron chi connectivity index (χ1n) is 8.14. The Balaban J connectivity index is 0.00000242. The predicted molar refractivity (Wildman–Crippen MR) is 103 cm³/mol. The van der Waals surface area contributed by atoms with Crippen LogP contribution in [0.4, 0.5) is 0 Å². The van der Waals surface area contributed by atoms with Gasteiger partial charge in [0.25, 0.3) is 0 Å². The van der Waals surface area contributed by atoms with Crippen LogP contribution < -0.4 is 10.6 Å². The predicted octanol–water partition coefficient (Wildman–Crippen LogP) is 2.86. The van der Waals surface area contributed by atoms with Gasteiger partial charge in [0.1, 0.15) is 0 Å². The minimum absolute atomic E-state index is 0. The molecule has 6 heteroatoms. The normalized spacial score (nSPS) is 14.6. The topological polar surface area (TPSA) is 54.2 Å². The maximum atomic E-state index is 4.47. The number of aromatic nitrogens is 2. The van der Waals surface area contributed by atoms with E-state index in [2.05, 4.69) is 38.4 Å². The SMILES string of the molecule is CN=C(NCCCC1CC1)NCCCn1nc(C)cc1C.I. The van der Waals surface area contributed by atoms with Crippen LogP contribution in [-0.2, 0) is 6.54 Å². The zero-order valence-electron chi connectivity index (χ0n) is 14.1. The van der Waals surface area contributed by atoms with E-state index >= 15 is 0 Å². The van der Waals surface area contributed by atoms with Gasteiger partial charge in [-0.1, -0.05) is 12.8 Å². The minimum Gasteiger partial charge on any atom is -0.356 e.